The zero-order valence-corrected chi connectivity index (χ0v) is 39.0. The van der Waals surface area contributed by atoms with Crippen LogP contribution in [0, 0.1) is 52.3 Å². The Bertz CT molecular complexity index is 2060. The molecule has 2 heterocycles. The number of aliphatic carboxylic acids is 1. The number of carbonyl (C=O) groups is 3. The van der Waals surface area contributed by atoms with Crippen molar-refractivity contribution in [2.24, 2.45) is 45.3 Å². The number of ether oxygens (including phenoxy) is 2. The quantitative estimate of drug-likeness (QED) is 0.175. The molecule has 6 rings (SSSR count). The lowest BCUT2D eigenvalue weighted by Gasteiger charge is -2.69. The van der Waals surface area contributed by atoms with E-state index in [-0.39, 0.29) is 51.9 Å². The summed E-state index contributed by atoms with van der Waals surface area (Å²) in [6.45, 7) is 22.8. The summed E-state index contributed by atoms with van der Waals surface area (Å²) in [6.07, 6.45) is 10.1. The highest BCUT2D eigenvalue weighted by Crippen LogP contribution is 2.75. The van der Waals surface area contributed by atoms with Crippen LogP contribution in [0.3, 0.4) is 0 Å². The van der Waals surface area contributed by atoms with E-state index >= 15 is 0 Å². The van der Waals surface area contributed by atoms with Crippen LogP contribution in [0.1, 0.15) is 144 Å². The molecule has 4 aliphatic carbocycles. The number of ketones is 1. The van der Waals surface area contributed by atoms with Crippen molar-refractivity contribution in [2.45, 2.75) is 158 Å². The van der Waals surface area contributed by atoms with Crippen LogP contribution in [0.2, 0.25) is 0 Å². The second kappa shape index (κ2) is 16.5. The smallest absolute Gasteiger partial charge is 0.309 e. The number of carboxylic acid groups (broad SMARTS) is 1. The minimum Gasteiger partial charge on any atom is -0.481 e. The molecule has 332 valence electrons. The minimum atomic E-state index is -1.18. The number of aromatic nitrogens is 3. The van der Waals surface area contributed by atoms with Crippen LogP contribution in [0.4, 0.5) is 0 Å². The van der Waals surface area contributed by atoms with Crippen molar-refractivity contribution in [1.82, 2.24) is 19.2 Å². The van der Waals surface area contributed by atoms with Gasteiger partial charge >= 0.3 is 11.9 Å². The van der Waals surface area contributed by atoms with E-state index in [4.69, 9.17) is 9.47 Å². The minimum absolute atomic E-state index is 0.00327. The average Bonchev–Trinajstić information content (AvgIpc) is 3.63. The van der Waals surface area contributed by atoms with Gasteiger partial charge in [0.25, 0.3) is 5.56 Å². The maximum atomic E-state index is 14.7. The number of pyridine rings is 1. The number of carbonyl (C=O) groups excluding carboxylic acids is 2. The van der Waals surface area contributed by atoms with Crippen LogP contribution < -0.4 is 10.3 Å². The summed E-state index contributed by atoms with van der Waals surface area (Å²) in [5, 5.41) is 9.62. The van der Waals surface area contributed by atoms with Gasteiger partial charge in [-0.25, -0.2) is 9.67 Å². The fourth-order valence-corrected chi connectivity index (χ4v) is 13.0. The summed E-state index contributed by atoms with van der Waals surface area (Å²) in [6, 6.07) is 3.69. The standard InChI is InChI=1S/C49H74N4O7/c1-14-34(60-39(55)28-45(6,7)44(57)58)20-21-46(8)31(4)19-22-48(10)37(46)17-16-35-41-40(30(2)3)36(54)27-49(41,24-23-47(35,48)9)42-32(5)43(56)53(52(42)26-25-51(11)12)33-15-18-38(59-13)50-29-33/h15,18,29-31,34-35,37H,14,16-17,19-28H2,1-13H3,(H,57,58)/t31-,34-,35?,37-,46+,47-,48-,49-/m1/s1. The van der Waals surface area contributed by atoms with Gasteiger partial charge in [0.2, 0.25) is 5.88 Å². The third-order valence-corrected chi connectivity index (χ3v) is 16.8. The first-order chi connectivity index (χ1) is 28.0. The zero-order chi connectivity index (χ0) is 44.3. The molecule has 0 aliphatic heterocycles. The van der Waals surface area contributed by atoms with Crippen molar-refractivity contribution in [1.29, 1.82) is 0 Å². The van der Waals surface area contributed by atoms with Crippen LogP contribution in [-0.2, 0) is 31.1 Å². The zero-order valence-electron chi connectivity index (χ0n) is 39.0. The highest BCUT2D eigenvalue weighted by Gasteiger charge is 2.68. The largest absolute Gasteiger partial charge is 0.481 e. The van der Waals surface area contributed by atoms with Gasteiger partial charge in [0, 0.05) is 30.0 Å². The number of hydrogen-bond donors (Lipinski definition) is 1. The predicted molar refractivity (Wildman–Crippen MR) is 234 cm³/mol. The Balaban J connectivity index is 1.40. The fourth-order valence-electron chi connectivity index (χ4n) is 13.0. The van der Waals surface area contributed by atoms with Gasteiger partial charge in [-0.15, -0.1) is 0 Å². The molecule has 1 N–H and O–H groups in total. The second-order valence-electron chi connectivity index (χ2n) is 21.1. The molecule has 3 fully saturated rings. The van der Waals surface area contributed by atoms with E-state index in [1.807, 2.05) is 19.9 Å². The number of hydrogen-bond acceptors (Lipinski definition) is 8. The lowest BCUT2D eigenvalue weighted by Crippen LogP contribution is -2.62. The molecule has 2 aromatic rings. The molecule has 11 nitrogen and oxygen atoms in total. The van der Waals surface area contributed by atoms with Crippen LogP contribution in [0.15, 0.2) is 34.3 Å². The van der Waals surface area contributed by atoms with E-state index in [9.17, 15) is 24.3 Å². The van der Waals surface area contributed by atoms with Gasteiger partial charge in [-0.1, -0.05) is 48.5 Å². The van der Waals surface area contributed by atoms with E-state index < -0.39 is 22.8 Å². The number of methoxy groups -OCH3 is 1. The van der Waals surface area contributed by atoms with Crippen molar-refractivity contribution in [3.63, 3.8) is 0 Å². The molecular formula is C49H74N4O7. The molecule has 0 aromatic carbocycles. The number of allylic oxidation sites excluding steroid dienone is 2. The number of Topliss-reactive ketones (excluding diaryl/α,β-unsaturated/α-hetero) is 1. The molecule has 0 bridgehead atoms. The molecule has 0 radical (unpaired) electrons. The number of fused-ring (bicyclic) bond motifs is 5. The lowest BCUT2D eigenvalue weighted by molar-refractivity contribution is -0.184. The first-order valence-electron chi connectivity index (χ1n) is 22.7. The summed E-state index contributed by atoms with van der Waals surface area (Å²) in [7, 11) is 5.69. The number of esters is 1. The first kappa shape index (κ1) is 45.8. The Morgan fingerprint density at radius 1 is 1.05 bits per heavy atom. The lowest BCUT2D eigenvalue weighted by atomic mass is 9.35. The highest BCUT2D eigenvalue weighted by molar-refractivity contribution is 6.02. The maximum absolute atomic E-state index is 14.7. The summed E-state index contributed by atoms with van der Waals surface area (Å²) >= 11 is 0. The van der Waals surface area contributed by atoms with Gasteiger partial charge in [0.05, 0.1) is 43.1 Å². The van der Waals surface area contributed by atoms with Crippen molar-refractivity contribution in [3.05, 3.63) is 51.1 Å². The number of carboxylic acids is 1. The highest BCUT2D eigenvalue weighted by atomic mass is 16.5. The molecule has 3 saturated carbocycles. The fraction of sp³-hybridized carbons (Fsp3) is 0.735. The van der Waals surface area contributed by atoms with Gasteiger partial charge in [-0.05, 0) is 150 Å². The summed E-state index contributed by atoms with van der Waals surface area (Å²) in [5.74, 6) is 0.436. The van der Waals surface area contributed by atoms with E-state index in [1.165, 1.54) is 5.57 Å². The summed E-state index contributed by atoms with van der Waals surface area (Å²) in [4.78, 5) is 60.7. The molecule has 0 amide bonds. The average molecular weight is 831 g/mol. The van der Waals surface area contributed by atoms with Gasteiger partial charge in [0.1, 0.15) is 6.10 Å². The summed E-state index contributed by atoms with van der Waals surface area (Å²) in [5.41, 5.74) is 2.77. The van der Waals surface area contributed by atoms with Gasteiger partial charge in [-0.2, -0.15) is 0 Å². The van der Waals surface area contributed by atoms with E-state index in [2.05, 4.69) is 70.2 Å². The van der Waals surface area contributed by atoms with Gasteiger partial charge < -0.3 is 19.5 Å². The van der Waals surface area contributed by atoms with E-state index in [0.717, 1.165) is 69.2 Å². The van der Waals surface area contributed by atoms with Crippen molar-refractivity contribution in [2.75, 3.05) is 27.7 Å². The molecular weight excluding hydrogens is 757 g/mol. The van der Waals surface area contributed by atoms with Crippen molar-refractivity contribution >= 4 is 17.7 Å². The number of likely N-dealkylation sites (N-methyl/N-ethyl adjacent to an activating group) is 1. The van der Waals surface area contributed by atoms with Crippen LogP contribution in [0.5, 0.6) is 5.88 Å². The Morgan fingerprint density at radius 3 is 2.33 bits per heavy atom. The van der Waals surface area contributed by atoms with Crippen LogP contribution in [-0.4, -0.2) is 75.9 Å². The predicted octanol–water partition coefficient (Wildman–Crippen LogP) is 8.95. The number of nitrogens with zero attached hydrogens (tertiary/aromatic N) is 4. The Kier molecular flexibility index (Phi) is 12.6. The second-order valence-corrected chi connectivity index (χ2v) is 21.1. The van der Waals surface area contributed by atoms with E-state index in [1.54, 1.807) is 37.9 Å². The Morgan fingerprint density at radius 2 is 1.75 bits per heavy atom. The molecule has 60 heavy (non-hydrogen) atoms. The molecule has 2 aromatic heterocycles. The SMILES string of the molecule is CC[C@H](CC[C@@]1(C)[C@H](C)CC[C@]2(C)[C@@H]1CCC1C3=C(C(C)C)C(=O)C[C@]3(c3c(C)c(=O)n(-c4ccc(OC)nc4)n3CCN(C)C)CC[C@]12C)OC(=O)CC(C)(C)C(=O)O. The summed E-state index contributed by atoms with van der Waals surface area (Å²) < 4.78 is 15.3. The number of rotatable bonds is 15. The molecule has 0 saturated heterocycles. The van der Waals surface area contributed by atoms with Crippen molar-refractivity contribution in [3.8, 4) is 11.6 Å². The molecule has 8 atom stereocenters. The van der Waals surface area contributed by atoms with Crippen LogP contribution in [0.25, 0.3) is 5.69 Å². The molecule has 1 unspecified atom stereocenters. The molecule has 0 spiro atoms. The third-order valence-electron chi connectivity index (χ3n) is 16.8. The van der Waals surface area contributed by atoms with Gasteiger partial charge in [-0.3, -0.25) is 23.9 Å². The maximum Gasteiger partial charge on any atom is 0.309 e. The Hall–Kier alpha value is -3.73. The van der Waals surface area contributed by atoms with Crippen LogP contribution >= 0.6 is 0 Å². The Labute approximate surface area is 358 Å². The normalized spacial score (nSPS) is 30.9. The third kappa shape index (κ3) is 7.40. The molecule has 11 heteroatoms. The van der Waals surface area contributed by atoms with E-state index in [0.29, 0.717) is 48.4 Å². The first-order valence-corrected chi connectivity index (χ1v) is 22.7. The monoisotopic (exact) mass is 831 g/mol. The van der Waals surface area contributed by atoms with Crippen molar-refractivity contribution < 1.29 is 29.0 Å². The molecule has 4 aliphatic rings. The topological polar surface area (TPSA) is 133 Å². The van der Waals surface area contributed by atoms with Gasteiger partial charge in [0.15, 0.2) is 5.78 Å².